The minimum atomic E-state index is 0.178. The molecule has 1 aromatic carbocycles. The van der Waals surface area contributed by atoms with Gasteiger partial charge in [-0.2, -0.15) is 0 Å². The molecule has 1 unspecified atom stereocenters. The van der Waals surface area contributed by atoms with E-state index in [0.29, 0.717) is 6.04 Å². The molecule has 1 fully saturated rings. The maximum Gasteiger partial charge on any atom is 0.256 e. The highest BCUT2D eigenvalue weighted by Gasteiger charge is 2.30. The van der Waals surface area contributed by atoms with Crippen molar-refractivity contribution in [2.45, 2.75) is 32.2 Å². The SMILES string of the molecule is CCC1CCCN1C(=O)c1cccc2c1NCCN2. The van der Waals surface area contributed by atoms with Crippen LogP contribution in [-0.4, -0.2) is 36.5 Å². The topological polar surface area (TPSA) is 44.4 Å². The number of hydrogen-bond acceptors (Lipinski definition) is 3. The zero-order valence-electron chi connectivity index (χ0n) is 11.4. The molecule has 19 heavy (non-hydrogen) atoms. The van der Waals surface area contributed by atoms with Gasteiger partial charge in [0, 0.05) is 25.7 Å². The van der Waals surface area contributed by atoms with E-state index in [-0.39, 0.29) is 5.91 Å². The Balaban J connectivity index is 1.91. The number of carbonyl (C=O) groups excluding carboxylic acids is 1. The fourth-order valence-electron chi connectivity index (χ4n) is 3.14. The van der Waals surface area contributed by atoms with E-state index in [9.17, 15) is 4.79 Å². The zero-order valence-corrected chi connectivity index (χ0v) is 11.4. The molecular weight excluding hydrogens is 238 g/mol. The lowest BCUT2D eigenvalue weighted by Crippen LogP contribution is -2.36. The first-order valence-corrected chi connectivity index (χ1v) is 7.23. The predicted molar refractivity (Wildman–Crippen MR) is 77.8 cm³/mol. The largest absolute Gasteiger partial charge is 0.382 e. The lowest BCUT2D eigenvalue weighted by Gasteiger charge is -2.27. The predicted octanol–water partition coefficient (Wildman–Crippen LogP) is 2.54. The van der Waals surface area contributed by atoms with E-state index >= 15 is 0 Å². The maximum absolute atomic E-state index is 12.7. The number of hydrogen-bond donors (Lipinski definition) is 2. The first-order chi connectivity index (χ1) is 9.31. The maximum atomic E-state index is 12.7. The second-order valence-electron chi connectivity index (χ2n) is 5.28. The summed E-state index contributed by atoms with van der Waals surface area (Å²) in [7, 11) is 0. The zero-order chi connectivity index (χ0) is 13.2. The van der Waals surface area contributed by atoms with Crippen molar-refractivity contribution >= 4 is 17.3 Å². The highest BCUT2D eigenvalue weighted by atomic mass is 16.2. The quantitative estimate of drug-likeness (QED) is 0.858. The molecule has 1 atom stereocenters. The summed E-state index contributed by atoms with van der Waals surface area (Å²) < 4.78 is 0. The lowest BCUT2D eigenvalue weighted by atomic mass is 10.1. The third-order valence-corrected chi connectivity index (χ3v) is 4.15. The first-order valence-electron chi connectivity index (χ1n) is 7.23. The van der Waals surface area contributed by atoms with Crippen molar-refractivity contribution in [3.8, 4) is 0 Å². The van der Waals surface area contributed by atoms with Gasteiger partial charge in [0.05, 0.1) is 16.9 Å². The van der Waals surface area contributed by atoms with Crippen molar-refractivity contribution in [1.29, 1.82) is 0 Å². The van der Waals surface area contributed by atoms with Crippen LogP contribution in [-0.2, 0) is 0 Å². The van der Waals surface area contributed by atoms with Crippen molar-refractivity contribution in [1.82, 2.24) is 4.90 Å². The van der Waals surface area contributed by atoms with Crippen LogP contribution < -0.4 is 10.6 Å². The number of nitrogens with one attached hydrogen (secondary N) is 2. The van der Waals surface area contributed by atoms with Crippen LogP contribution in [0.5, 0.6) is 0 Å². The summed E-state index contributed by atoms with van der Waals surface area (Å²) in [5.41, 5.74) is 2.83. The Morgan fingerprint density at radius 1 is 1.37 bits per heavy atom. The van der Waals surface area contributed by atoms with Gasteiger partial charge in [-0.3, -0.25) is 4.79 Å². The molecule has 0 radical (unpaired) electrons. The average Bonchev–Trinajstić information content (AvgIpc) is 2.94. The van der Waals surface area contributed by atoms with E-state index in [1.807, 2.05) is 23.1 Å². The van der Waals surface area contributed by atoms with Gasteiger partial charge in [-0.15, -0.1) is 0 Å². The van der Waals surface area contributed by atoms with Crippen LogP contribution in [0.3, 0.4) is 0 Å². The number of amides is 1. The molecule has 2 heterocycles. The summed E-state index contributed by atoms with van der Waals surface area (Å²) in [6.07, 6.45) is 3.32. The van der Waals surface area contributed by atoms with Gasteiger partial charge in [-0.25, -0.2) is 0 Å². The number of benzene rings is 1. The summed E-state index contributed by atoms with van der Waals surface area (Å²) in [6, 6.07) is 6.34. The van der Waals surface area contributed by atoms with E-state index < -0.39 is 0 Å². The smallest absolute Gasteiger partial charge is 0.256 e. The van der Waals surface area contributed by atoms with Crippen LogP contribution in [0.25, 0.3) is 0 Å². The molecule has 2 aliphatic heterocycles. The van der Waals surface area contributed by atoms with Crippen LogP contribution in [0.2, 0.25) is 0 Å². The fourth-order valence-corrected chi connectivity index (χ4v) is 3.14. The van der Waals surface area contributed by atoms with Crippen LogP contribution in [0.4, 0.5) is 11.4 Å². The summed E-state index contributed by atoms with van der Waals surface area (Å²) in [4.78, 5) is 14.8. The number of likely N-dealkylation sites (tertiary alicyclic amines) is 1. The van der Waals surface area contributed by atoms with Crippen molar-refractivity contribution in [3.63, 3.8) is 0 Å². The minimum absolute atomic E-state index is 0.178. The Bertz CT molecular complexity index is 486. The molecule has 1 aromatic rings. The number of carbonyl (C=O) groups is 1. The molecule has 102 valence electrons. The summed E-state index contributed by atoms with van der Waals surface area (Å²) in [6.45, 7) is 4.84. The van der Waals surface area contributed by atoms with E-state index in [1.54, 1.807) is 0 Å². The molecular formula is C15H21N3O. The molecule has 0 aromatic heterocycles. The number of para-hydroxylation sites is 1. The molecule has 0 saturated carbocycles. The van der Waals surface area contributed by atoms with Crippen molar-refractivity contribution < 1.29 is 4.79 Å². The molecule has 4 nitrogen and oxygen atoms in total. The Hall–Kier alpha value is -1.71. The molecule has 0 bridgehead atoms. The van der Waals surface area contributed by atoms with E-state index in [2.05, 4.69) is 17.6 Å². The monoisotopic (exact) mass is 259 g/mol. The van der Waals surface area contributed by atoms with Crippen LogP contribution in [0, 0.1) is 0 Å². The standard InChI is InChI=1S/C15H21N3O/c1-2-11-5-4-10-18(11)15(19)12-6-3-7-13-14(12)17-9-8-16-13/h3,6-7,11,16-17H,2,4-5,8-10H2,1H3. The Kier molecular flexibility index (Phi) is 3.32. The first kappa shape index (κ1) is 12.3. The molecule has 0 spiro atoms. The van der Waals surface area contributed by atoms with Crippen LogP contribution in [0.15, 0.2) is 18.2 Å². The minimum Gasteiger partial charge on any atom is -0.382 e. The lowest BCUT2D eigenvalue weighted by molar-refractivity contribution is 0.0734. The van der Waals surface area contributed by atoms with Crippen molar-refractivity contribution in [2.24, 2.45) is 0 Å². The number of anilines is 2. The second-order valence-corrected chi connectivity index (χ2v) is 5.28. The fraction of sp³-hybridized carbons (Fsp3) is 0.533. The van der Waals surface area contributed by atoms with Gasteiger partial charge >= 0.3 is 0 Å². The third-order valence-electron chi connectivity index (χ3n) is 4.15. The molecule has 2 N–H and O–H groups in total. The molecule has 1 saturated heterocycles. The highest BCUT2D eigenvalue weighted by Crippen LogP contribution is 2.31. The van der Waals surface area contributed by atoms with Crippen LogP contribution in [0.1, 0.15) is 36.5 Å². The van der Waals surface area contributed by atoms with Crippen LogP contribution >= 0.6 is 0 Å². The summed E-state index contributed by atoms with van der Waals surface area (Å²) in [5.74, 6) is 0.178. The second kappa shape index (κ2) is 5.11. The van der Waals surface area contributed by atoms with Gasteiger partial charge in [-0.05, 0) is 31.4 Å². The normalized spacial score (nSPS) is 21.5. The van der Waals surface area contributed by atoms with Gasteiger partial charge in [0.15, 0.2) is 0 Å². The third kappa shape index (κ3) is 2.15. The average molecular weight is 259 g/mol. The van der Waals surface area contributed by atoms with Gasteiger partial charge in [0.25, 0.3) is 5.91 Å². The summed E-state index contributed by atoms with van der Waals surface area (Å²) in [5, 5.41) is 6.70. The van der Waals surface area contributed by atoms with Crippen molar-refractivity contribution in [3.05, 3.63) is 23.8 Å². The molecule has 0 aliphatic carbocycles. The molecule has 2 aliphatic rings. The van der Waals surface area contributed by atoms with Gasteiger partial charge in [0.2, 0.25) is 0 Å². The van der Waals surface area contributed by atoms with Gasteiger partial charge in [-0.1, -0.05) is 13.0 Å². The van der Waals surface area contributed by atoms with E-state index in [4.69, 9.17) is 0 Å². The number of rotatable bonds is 2. The molecule has 3 rings (SSSR count). The van der Waals surface area contributed by atoms with Crippen molar-refractivity contribution in [2.75, 3.05) is 30.3 Å². The number of fused-ring (bicyclic) bond motifs is 1. The highest BCUT2D eigenvalue weighted by molar-refractivity contribution is 6.03. The summed E-state index contributed by atoms with van der Waals surface area (Å²) >= 11 is 0. The van der Waals surface area contributed by atoms with Gasteiger partial charge in [0.1, 0.15) is 0 Å². The Labute approximate surface area is 114 Å². The molecule has 4 heteroatoms. The number of nitrogens with zero attached hydrogens (tertiary/aromatic N) is 1. The van der Waals surface area contributed by atoms with E-state index in [0.717, 1.165) is 55.8 Å². The Morgan fingerprint density at radius 3 is 3.05 bits per heavy atom. The Morgan fingerprint density at radius 2 is 2.21 bits per heavy atom. The van der Waals surface area contributed by atoms with Gasteiger partial charge < -0.3 is 15.5 Å². The molecule has 1 amide bonds. The van der Waals surface area contributed by atoms with E-state index in [1.165, 1.54) is 0 Å².